The molecule has 5 nitrogen and oxygen atoms in total. The summed E-state index contributed by atoms with van der Waals surface area (Å²) in [4.78, 5) is 28.4. The Labute approximate surface area is 155 Å². The number of fused-ring (bicyclic) bond motifs is 1. The Kier molecular flexibility index (Phi) is 4.03. The Balaban J connectivity index is 2.03. The fourth-order valence-electron chi connectivity index (χ4n) is 3.67. The van der Waals surface area contributed by atoms with Crippen molar-refractivity contribution in [2.24, 2.45) is 0 Å². The molecule has 2 N–H and O–H groups in total. The van der Waals surface area contributed by atoms with Crippen molar-refractivity contribution in [3.63, 3.8) is 0 Å². The molecule has 0 radical (unpaired) electrons. The first-order valence-electron chi connectivity index (χ1n) is 8.48. The summed E-state index contributed by atoms with van der Waals surface area (Å²) in [5.74, 6) is -2.02. The third-order valence-corrected chi connectivity index (χ3v) is 4.84. The zero-order valence-corrected chi connectivity index (χ0v) is 14.8. The lowest BCUT2D eigenvalue weighted by Crippen LogP contribution is -2.17. The normalized spacial score (nSPS) is 15.4. The van der Waals surface area contributed by atoms with E-state index in [-0.39, 0.29) is 11.5 Å². The summed E-state index contributed by atoms with van der Waals surface area (Å²) < 4.78 is 19.5. The average Bonchev–Trinajstić information content (AvgIpc) is 3.17. The second-order valence-electron chi connectivity index (χ2n) is 6.39. The van der Waals surface area contributed by atoms with E-state index >= 15 is 0 Å². The zero-order valence-electron chi connectivity index (χ0n) is 14.8. The number of aryl methyl sites for hydroxylation is 1. The van der Waals surface area contributed by atoms with Crippen LogP contribution in [0.15, 0.2) is 48.5 Å². The molecule has 2 heterocycles. The van der Waals surface area contributed by atoms with Gasteiger partial charge in [0, 0.05) is 22.5 Å². The molecule has 0 bridgehead atoms. The second-order valence-corrected chi connectivity index (χ2v) is 6.39. The molecule has 1 aliphatic rings. The number of aromatic amines is 1. The van der Waals surface area contributed by atoms with Crippen LogP contribution in [0.25, 0.3) is 11.3 Å². The first-order chi connectivity index (χ1) is 13.0. The van der Waals surface area contributed by atoms with Crippen LogP contribution >= 0.6 is 0 Å². The summed E-state index contributed by atoms with van der Waals surface area (Å²) >= 11 is 0. The Hall–Kier alpha value is -3.41. The molecule has 2 aromatic carbocycles. The summed E-state index contributed by atoms with van der Waals surface area (Å²) in [7, 11) is 1.28. The van der Waals surface area contributed by atoms with Crippen LogP contribution in [0, 0.1) is 12.7 Å². The number of anilines is 1. The summed E-state index contributed by atoms with van der Waals surface area (Å²) in [6, 6.07) is 13.5. The Bertz CT molecular complexity index is 1070. The minimum Gasteiger partial charge on any atom is -0.465 e. The molecule has 27 heavy (non-hydrogen) atoms. The zero-order chi connectivity index (χ0) is 19.1. The average molecular weight is 364 g/mol. The number of nitrogens with one attached hydrogen (secondary N) is 2. The van der Waals surface area contributed by atoms with Crippen LogP contribution in [0.3, 0.4) is 0 Å². The molecule has 3 aromatic rings. The number of para-hydroxylation sites is 1. The van der Waals surface area contributed by atoms with E-state index < -0.39 is 17.7 Å². The van der Waals surface area contributed by atoms with E-state index in [1.807, 2.05) is 18.2 Å². The van der Waals surface area contributed by atoms with E-state index in [0.29, 0.717) is 28.2 Å². The maximum atomic E-state index is 14.5. The maximum absolute atomic E-state index is 14.5. The lowest BCUT2D eigenvalue weighted by atomic mass is 9.87. The third kappa shape index (κ3) is 2.61. The molecule has 6 heteroatoms. The minimum absolute atomic E-state index is 0.257. The van der Waals surface area contributed by atoms with Gasteiger partial charge in [-0.1, -0.05) is 30.3 Å². The predicted molar refractivity (Wildman–Crippen MR) is 99.2 cm³/mol. The van der Waals surface area contributed by atoms with E-state index in [9.17, 15) is 14.0 Å². The van der Waals surface area contributed by atoms with Gasteiger partial charge in [-0.15, -0.1) is 0 Å². The number of aromatic nitrogens is 1. The number of carbonyl (C=O) groups is 2. The van der Waals surface area contributed by atoms with Crippen LogP contribution in [0.1, 0.15) is 33.1 Å². The molecule has 136 valence electrons. The molecule has 0 spiro atoms. The molecule has 0 unspecified atom stereocenters. The van der Waals surface area contributed by atoms with Crippen molar-refractivity contribution in [3.8, 4) is 11.3 Å². The quantitative estimate of drug-likeness (QED) is 0.690. The van der Waals surface area contributed by atoms with Crippen LogP contribution < -0.4 is 5.32 Å². The molecule has 1 aliphatic heterocycles. The van der Waals surface area contributed by atoms with Crippen molar-refractivity contribution >= 4 is 17.6 Å². The third-order valence-electron chi connectivity index (χ3n) is 4.84. The number of hydrogen-bond acceptors (Lipinski definition) is 3. The van der Waals surface area contributed by atoms with Crippen molar-refractivity contribution in [1.82, 2.24) is 4.98 Å². The minimum atomic E-state index is -0.741. The van der Waals surface area contributed by atoms with E-state index in [1.54, 1.807) is 31.2 Å². The summed E-state index contributed by atoms with van der Waals surface area (Å²) in [5, 5.41) is 2.83. The lowest BCUT2D eigenvalue weighted by molar-refractivity contribution is -0.116. The molecular formula is C21H17FN2O3. The second kappa shape index (κ2) is 6.39. The number of H-pyrrole nitrogens is 1. The van der Waals surface area contributed by atoms with Gasteiger partial charge >= 0.3 is 5.97 Å². The highest BCUT2D eigenvalue weighted by Gasteiger charge is 2.38. The summed E-state index contributed by atoms with van der Waals surface area (Å²) in [5.41, 5.74) is 3.32. The molecule has 1 atom stereocenters. The first-order valence-corrected chi connectivity index (χ1v) is 8.48. The molecule has 0 saturated heterocycles. The highest BCUT2D eigenvalue weighted by molar-refractivity contribution is 6.08. The van der Waals surface area contributed by atoms with Crippen LogP contribution in [0.5, 0.6) is 0 Å². The van der Waals surface area contributed by atoms with Gasteiger partial charge in [0.15, 0.2) is 0 Å². The van der Waals surface area contributed by atoms with Gasteiger partial charge in [0.1, 0.15) is 5.82 Å². The van der Waals surface area contributed by atoms with Gasteiger partial charge in [0.25, 0.3) is 0 Å². The molecular weight excluding hydrogens is 347 g/mol. The smallest absolute Gasteiger partial charge is 0.340 e. The van der Waals surface area contributed by atoms with Gasteiger partial charge in [-0.05, 0) is 30.7 Å². The Morgan fingerprint density at radius 2 is 1.81 bits per heavy atom. The molecule has 0 saturated carbocycles. The van der Waals surface area contributed by atoms with Crippen LogP contribution in [0.2, 0.25) is 0 Å². The van der Waals surface area contributed by atoms with Gasteiger partial charge in [0.2, 0.25) is 5.91 Å². The number of halogens is 1. The summed E-state index contributed by atoms with van der Waals surface area (Å²) in [6.07, 6.45) is 0. The van der Waals surface area contributed by atoms with Crippen LogP contribution in [-0.2, 0) is 9.53 Å². The fraction of sp³-hybridized carbons (Fsp3) is 0.143. The highest BCUT2D eigenvalue weighted by Crippen LogP contribution is 2.44. The van der Waals surface area contributed by atoms with E-state index in [2.05, 4.69) is 10.3 Å². The largest absolute Gasteiger partial charge is 0.465 e. The van der Waals surface area contributed by atoms with Gasteiger partial charge in [0.05, 0.1) is 24.3 Å². The van der Waals surface area contributed by atoms with Crippen molar-refractivity contribution in [3.05, 3.63) is 76.7 Å². The van der Waals surface area contributed by atoms with E-state index in [4.69, 9.17) is 4.74 Å². The van der Waals surface area contributed by atoms with Gasteiger partial charge in [-0.2, -0.15) is 0 Å². The van der Waals surface area contributed by atoms with Gasteiger partial charge in [-0.25, -0.2) is 9.18 Å². The number of ether oxygens (including phenoxy) is 1. The highest BCUT2D eigenvalue weighted by atomic mass is 19.1. The van der Waals surface area contributed by atoms with Gasteiger partial charge in [-0.3, -0.25) is 4.79 Å². The van der Waals surface area contributed by atoms with E-state index in [1.165, 1.54) is 13.2 Å². The molecule has 4 rings (SSSR count). The van der Waals surface area contributed by atoms with Gasteiger partial charge < -0.3 is 15.0 Å². The van der Waals surface area contributed by atoms with Crippen molar-refractivity contribution in [2.75, 3.05) is 12.4 Å². The monoisotopic (exact) mass is 364 g/mol. The number of carbonyl (C=O) groups excluding carboxylic acids is 2. The Morgan fingerprint density at radius 1 is 1.11 bits per heavy atom. The maximum Gasteiger partial charge on any atom is 0.340 e. The standard InChI is InChI=1S/C21H17FN2O3/c1-11-16(21(26)27-2)18(19(23-11)12-7-3-5-9-14(12)22)17-13-8-4-6-10-15(13)24-20(17)25/h3-10,17,23H,1-2H3,(H,24,25)/t17-/m1/s1. The van der Waals surface area contributed by atoms with Crippen molar-refractivity contribution in [2.45, 2.75) is 12.8 Å². The topological polar surface area (TPSA) is 71.2 Å². The number of esters is 1. The fourth-order valence-corrected chi connectivity index (χ4v) is 3.67. The number of amides is 1. The van der Waals surface area contributed by atoms with Crippen molar-refractivity contribution in [1.29, 1.82) is 0 Å². The number of methoxy groups -OCH3 is 1. The molecule has 0 aliphatic carbocycles. The summed E-state index contributed by atoms with van der Waals surface area (Å²) in [6.45, 7) is 1.71. The molecule has 1 aromatic heterocycles. The number of hydrogen-bond donors (Lipinski definition) is 2. The first kappa shape index (κ1) is 17.0. The molecule has 1 amide bonds. The van der Waals surface area contributed by atoms with Crippen LogP contribution in [0.4, 0.5) is 10.1 Å². The SMILES string of the molecule is COC(=O)c1c(C)[nH]c(-c2ccccc2F)c1[C@@H]1C(=O)Nc2ccccc21. The number of benzene rings is 2. The van der Waals surface area contributed by atoms with E-state index in [0.717, 1.165) is 5.56 Å². The number of rotatable bonds is 3. The van der Waals surface area contributed by atoms with Crippen molar-refractivity contribution < 1.29 is 18.7 Å². The molecule has 0 fully saturated rings. The van der Waals surface area contributed by atoms with Crippen LogP contribution in [-0.4, -0.2) is 24.0 Å². The predicted octanol–water partition coefficient (Wildman–Crippen LogP) is 4.00. The Morgan fingerprint density at radius 3 is 2.56 bits per heavy atom. The lowest BCUT2D eigenvalue weighted by Gasteiger charge is -2.14.